The molecule has 2 saturated carbocycles. The van der Waals surface area contributed by atoms with Crippen molar-refractivity contribution in [1.29, 1.82) is 0 Å². The van der Waals surface area contributed by atoms with Crippen LogP contribution in [-0.2, 0) is 14.3 Å². The average molecular weight is 307 g/mol. The first-order valence-corrected chi connectivity index (χ1v) is 9.09. The van der Waals surface area contributed by atoms with Gasteiger partial charge in [0.25, 0.3) is 0 Å². The monoisotopic (exact) mass is 307 g/mol. The van der Waals surface area contributed by atoms with Gasteiger partial charge in [0.15, 0.2) is 0 Å². The van der Waals surface area contributed by atoms with Crippen molar-refractivity contribution in [2.75, 3.05) is 7.11 Å². The lowest BCUT2D eigenvalue weighted by molar-refractivity contribution is -0.152. The third kappa shape index (κ3) is 3.16. The van der Waals surface area contributed by atoms with Crippen molar-refractivity contribution < 1.29 is 14.3 Å². The molecule has 0 aromatic heterocycles. The highest BCUT2D eigenvalue weighted by Gasteiger charge is 2.47. The highest BCUT2D eigenvalue weighted by molar-refractivity contribution is 5.85. The molecular weight excluding hydrogens is 278 g/mol. The molecule has 0 aromatic carbocycles. The normalized spacial score (nSPS) is 32.6. The quantitative estimate of drug-likeness (QED) is 0.752. The van der Waals surface area contributed by atoms with Gasteiger partial charge in [0.1, 0.15) is 6.04 Å². The molecule has 0 radical (unpaired) electrons. The highest BCUT2D eigenvalue weighted by Crippen LogP contribution is 2.41. The molecule has 3 aliphatic rings. The smallest absolute Gasteiger partial charge is 0.328 e. The lowest BCUT2D eigenvalue weighted by Crippen LogP contribution is -2.47. The number of carbonyl (C=O) groups excluding carboxylic acids is 2. The fraction of sp³-hybridized carbons (Fsp3) is 0.889. The van der Waals surface area contributed by atoms with E-state index in [1.165, 1.54) is 52.1 Å². The summed E-state index contributed by atoms with van der Waals surface area (Å²) in [5.41, 5.74) is 0. The molecule has 0 unspecified atom stereocenters. The lowest BCUT2D eigenvalue weighted by Gasteiger charge is -2.34. The van der Waals surface area contributed by atoms with Crippen molar-refractivity contribution in [2.45, 2.75) is 82.7 Å². The zero-order valence-corrected chi connectivity index (χ0v) is 13.8. The van der Waals surface area contributed by atoms with Gasteiger partial charge < -0.3 is 9.64 Å². The number of hydrogen-bond donors (Lipinski definition) is 0. The van der Waals surface area contributed by atoms with Gasteiger partial charge in [0, 0.05) is 12.5 Å². The fourth-order valence-corrected chi connectivity index (χ4v) is 4.91. The van der Waals surface area contributed by atoms with E-state index in [0.29, 0.717) is 18.3 Å². The van der Waals surface area contributed by atoms with Crippen molar-refractivity contribution >= 4 is 11.9 Å². The molecule has 0 aromatic rings. The molecule has 0 bridgehead atoms. The summed E-state index contributed by atoms with van der Waals surface area (Å²) >= 11 is 0. The molecule has 0 N–H and O–H groups in total. The lowest BCUT2D eigenvalue weighted by atomic mass is 9.84. The number of hydrogen-bond acceptors (Lipinski definition) is 3. The second kappa shape index (κ2) is 7.01. The Kier molecular flexibility index (Phi) is 5.04. The van der Waals surface area contributed by atoms with Gasteiger partial charge in [-0.25, -0.2) is 4.79 Å². The molecule has 3 atom stereocenters. The average Bonchev–Trinajstić information content (AvgIpc) is 2.94. The maximum atomic E-state index is 12.9. The largest absolute Gasteiger partial charge is 0.467 e. The molecule has 1 amide bonds. The van der Waals surface area contributed by atoms with Gasteiger partial charge in [-0.15, -0.1) is 0 Å². The van der Waals surface area contributed by atoms with Gasteiger partial charge in [0.2, 0.25) is 5.91 Å². The second-order valence-electron chi connectivity index (χ2n) is 7.40. The standard InChI is InChI=1S/C18H29NO3/c1-22-18(21)16-12-14-9-5-6-10-15(14)19(16)17(20)11-13-7-3-2-4-8-13/h13-16H,2-12H2,1H3/t14-,15-,16-/m0/s1. The zero-order chi connectivity index (χ0) is 15.5. The third-order valence-corrected chi connectivity index (χ3v) is 6.04. The number of rotatable bonds is 3. The van der Waals surface area contributed by atoms with E-state index >= 15 is 0 Å². The Morgan fingerprint density at radius 3 is 2.41 bits per heavy atom. The molecule has 4 heteroatoms. The summed E-state index contributed by atoms with van der Waals surface area (Å²) in [4.78, 5) is 27.0. The summed E-state index contributed by atoms with van der Waals surface area (Å²) < 4.78 is 4.98. The molecule has 124 valence electrons. The van der Waals surface area contributed by atoms with Gasteiger partial charge >= 0.3 is 5.97 Å². The molecule has 1 aliphatic heterocycles. The molecule has 3 rings (SSSR count). The molecule has 22 heavy (non-hydrogen) atoms. The van der Waals surface area contributed by atoms with Crippen LogP contribution in [0.25, 0.3) is 0 Å². The van der Waals surface area contributed by atoms with Crippen LogP contribution in [0.1, 0.15) is 70.6 Å². The van der Waals surface area contributed by atoms with Gasteiger partial charge in [-0.05, 0) is 43.9 Å². The van der Waals surface area contributed by atoms with E-state index in [9.17, 15) is 9.59 Å². The van der Waals surface area contributed by atoms with E-state index in [1.54, 1.807) is 0 Å². The Bertz CT molecular complexity index is 417. The number of carbonyl (C=O) groups is 2. The van der Waals surface area contributed by atoms with Crippen LogP contribution in [-0.4, -0.2) is 36.0 Å². The Hall–Kier alpha value is -1.06. The Balaban J connectivity index is 1.71. The summed E-state index contributed by atoms with van der Waals surface area (Å²) in [6.07, 6.45) is 12.3. The predicted molar refractivity (Wildman–Crippen MR) is 84.2 cm³/mol. The number of nitrogens with zero attached hydrogens (tertiary/aromatic N) is 1. The Morgan fingerprint density at radius 1 is 1.00 bits per heavy atom. The van der Waals surface area contributed by atoms with E-state index in [0.717, 1.165) is 19.3 Å². The maximum Gasteiger partial charge on any atom is 0.328 e. The van der Waals surface area contributed by atoms with Crippen LogP contribution in [0.3, 0.4) is 0 Å². The van der Waals surface area contributed by atoms with Crippen LogP contribution in [0.15, 0.2) is 0 Å². The number of ether oxygens (including phenoxy) is 1. The van der Waals surface area contributed by atoms with E-state index in [-0.39, 0.29) is 24.0 Å². The first-order chi connectivity index (χ1) is 10.7. The van der Waals surface area contributed by atoms with E-state index in [1.807, 2.05) is 4.90 Å². The molecule has 3 fully saturated rings. The number of likely N-dealkylation sites (tertiary alicyclic amines) is 1. The molecule has 4 nitrogen and oxygen atoms in total. The molecular formula is C18H29NO3. The zero-order valence-electron chi connectivity index (χ0n) is 13.8. The SMILES string of the molecule is COC(=O)[C@@H]1C[C@@H]2CCCC[C@@H]2N1C(=O)CC1CCCCC1. The van der Waals surface area contributed by atoms with E-state index in [2.05, 4.69) is 0 Å². The van der Waals surface area contributed by atoms with Crippen LogP contribution in [0, 0.1) is 11.8 Å². The van der Waals surface area contributed by atoms with Crippen LogP contribution >= 0.6 is 0 Å². The predicted octanol–water partition coefficient (Wildman–Crippen LogP) is 3.29. The molecule has 2 aliphatic carbocycles. The van der Waals surface area contributed by atoms with Crippen LogP contribution in [0.2, 0.25) is 0 Å². The number of fused-ring (bicyclic) bond motifs is 1. The third-order valence-electron chi connectivity index (χ3n) is 6.04. The van der Waals surface area contributed by atoms with Gasteiger partial charge in [-0.2, -0.15) is 0 Å². The van der Waals surface area contributed by atoms with Crippen molar-refractivity contribution in [3.63, 3.8) is 0 Å². The minimum absolute atomic E-state index is 0.205. The number of amides is 1. The summed E-state index contributed by atoms with van der Waals surface area (Å²) in [6.45, 7) is 0. The summed E-state index contributed by atoms with van der Waals surface area (Å²) in [7, 11) is 1.44. The number of methoxy groups -OCH3 is 1. The minimum atomic E-state index is -0.325. The first-order valence-electron chi connectivity index (χ1n) is 9.09. The van der Waals surface area contributed by atoms with Gasteiger partial charge in [-0.3, -0.25) is 4.79 Å². The summed E-state index contributed by atoms with van der Waals surface area (Å²) in [6, 6.07) is -0.0388. The summed E-state index contributed by atoms with van der Waals surface area (Å²) in [5.74, 6) is 1.03. The summed E-state index contributed by atoms with van der Waals surface area (Å²) in [5, 5.41) is 0. The van der Waals surface area contributed by atoms with Crippen LogP contribution in [0.4, 0.5) is 0 Å². The van der Waals surface area contributed by atoms with Crippen molar-refractivity contribution in [3.8, 4) is 0 Å². The topological polar surface area (TPSA) is 46.6 Å². The maximum absolute atomic E-state index is 12.9. The number of esters is 1. The molecule has 1 heterocycles. The first kappa shape index (κ1) is 15.8. The van der Waals surface area contributed by atoms with Crippen LogP contribution < -0.4 is 0 Å². The fourth-order valence-electron chi connectivity index (χ4n) is 4.91. The van der Waals surface area contributed by atoms with Crippen molar-refractivity contribution in [2.24, 2.45) is 11.8 Å². The highest BCUT2D eigenvalue weighted by atomic mass is 16.5. The van der Waals surface area contributed by atoms with Crippen molar-refractivity contribution in [1.82, 2.24) is 4.90 Å². The van der Waals surface area contributed by atoms with E-state index < -0.39 is 0 Å². The second-order valence-corrected chi connectivity index (χ2v) is 7.40. The Morgan fingerprint density at radius 2 is 1.68 bits per heavy atom. The Labute approximate surface area is 133 Å². The van der Waals surface area contributed by atoms with Gasteiger partial charge in [0.05, 0.1) is 7.11 Å². The van der Waals surface area contributed by atoms with E-state index in [4.69, 9.17) is 4.74 Å². The van der Waals surface area contributed by atoms with Crippen molar-refractivity contribution in [3.05, 3.63) is 0 Å². The minimum Gasteiger partial charge on any atom is -0.467 e. The van der Waals surface area contributed by atoms with Crippen LogP contribution in [0.5, 0.6) is 0 Å². The van der Waals surface area contributed by atoms with Gasteiger partial charge in [-0.1, -0.05) is 32.1 Å². The molecule has 1 saturated heterocycles. The molecule has 0 spiro atoms.